The second-order valence-electron chi connectivity index (χ2n) is 7.20. The standard InChI is InChI=1S/C22H18N6O5S/c1-32-16-5-3-4-14(8-16)22(29)26-15-9-19-18(23-10-15)11-25-28(19)34(30,31)21-12-24-20-7-6-17(33-2)13-27(20)21/h3-13H,1-2H3,(H,26,29). The van der Waals surface area contributed by atoms with E-state index >= 15 is 0 Å². The van der Waals surface area contributed by atoms with Gasteiger partial charge in [-0.1, -0.05) is 6.07 Å². The van der Waals surface area contributed by atoms with Gasteiger partial charge in [0.2, 0.25) is 0 Å². The molecule has 0 bridgehead atoms. The molecule has 1 N–H and O–H groups in total. The molecule has 0 aliphatic carbocycles. The maximum atomic E-state index is 13.5. The van der Waals surface area contributed by atoms with Crippen LogP contribution in [0, 0.1) is 0 Å². The Morgan fingerprint density at radius 2 is 1.79 bits per heavy atom. The molecular weight excluding hydrogens is 460 g/mol. The average Bonchev–Trinajstić information content (AvgIpc) is 3.48. The van der Waals surface area contributed by atoms with E-state index in [9.17, 15) is 13.2 Å². The number of carbonyl (C=O) groups excluding carboxylic acids is 1. The van der Waals surface area contributed by atoms with E-state index in [2.05, 4.69) is 20.4 Å². The van der Waals surface area contributed by atoms with Crippen LogP contribution in [0.3, 0.4) is 0 Å². The van der Waals surface area contributed by atoms with Gasteiger partial charge in [-0.25, -0.2) is 4.98 Å². The van der Waals surface area contributed by atoms with Crippen LogP contribution in [0.4, 0.5) is 5.69 Å². The Labute approximate surface area is 193 Å². The number of ether oxygens (including phenoxy) is 2. The number of pyridine rings is 2. The van der Waals surface area contributed by atoms with Crippen LogP contribution >= 0.6 is 0 Å². The van der Waals surface area contributed by atoms with Crippen molar-refractivity contribution in [2.24, 2.45) is 0 Å². The number of benzene rings is 1. The third-order valence-electron chi connectivity index (χ3n) is 5.15. The summed E-state index contributed by atoms with van der Waals surface area (Å²) in [6.07, 6.45) is 5.54. The maximum Gasteiger partial charge on any atom is 0.301 e. The summed E-state index contributed by atoms with van der Waals surface area (Å²) in [5, 5.41) is 6.66. The molecule has 4 aromatic heterocycles. The van der Waals surface area contributed by atoms with Gasteiger partial charge in [0, 0.05) is 5.56 Å². The molecule has 1 amide bonds. The van der Waals surface area contributed by atoms with E-state index in [1.54, 1.807) is 36.4 Å². The zero-order valence-corrected chi connectivity index (χ0v) is 18.9. The number of hydrogen-bond donors (Lipinski definition) is 1. The molecule has 12 heteroatoms. The second-order valence-corrected chi connectivity index (χ2v) is 8.91. The first-order chi connectivity index (χ1) is 16.4. The van der Waals surface area contributed by atoms with Gasteiger partial charge >= 0.3 is 10.0 Å². The summed E-state index contributed by atoms with van der Waals surface area (Å²) >= 11 is 0. The minimum atomic E-state index is -4.16. The number of nitrogens with one attached hydrogen (secondary N) is 1. The molecular formula is C22H18N6O5S. The number of rotatable bonds is 6. The minimum Gasteiger partial charge on any atom is -0.497 e. The van der Waals surface area contributed by atoms with Crippen LogP contribution in [0.25, 0.3) is 16.7 Å². The highest BCUT2D eigenvalue weighted by Crippen LogP contribution is 2.24. The van der Waals surface area contributed by atoms with E-state index in [1.807, 2.05) is 0 Å². The molecule has 0 fully saturated rings. The second kappa shape index (κ2) is 8.15. The molecule has 0 atom stereocenters. The largest absolute Gasteiger partial charge is 0.497 e. The summed E-state index contributed by atoms with van der Waals surface area (Å²) in [5.41, 5.74) is 1.65. The number of imidazole rings is 1. The number of nitrogens with zero attached hydrogens (tertiary/aromatic N) is 5. The normalized spacial score (nSPS) is 11.6. The molecule has 0 radical (unpaired) electrons. The molecule has 0 spiro atoms. The molecule has 0 saturated heterocycles. The predicted molar refractivity (Wildman–Crippen MR) is 123 cm³/mol. The SMILES string of the molecule is COc1cccc(C(=O)Nc2cnc3cnn(S(=O)(=O)c4cnc5ccc(OC)cn45)c3c2)c1. The van der Waals surface area contributed by atoms with E-state index < -0.39 is 15.9 Å². The van der Waals surface area contributed by atoms with E-state index in [-0.39, 0.29) is 10.5 Å². The Morgan fingerprint density at radius 1 is 0.971 bits per heavy atom. The summed E-state index contributed by atoms with van der Waals surface area (Å²) in [7, 11) is -1.16. The van der Waals surface area contributed by atoms with Crippen molar-refractivity contribution < 1.29 is 22.7 Å². The minimum absolute atomic E-state index is 0.0998. The van der Waals surface area contributed by atoms with Crippen LogP contribution in [-0.2, 0) is 10.0 Å². The topological polar surface area (TPSA) is 130 Å². The molecule has 0 unspecified atom stereocenters. The van der Waals surface area contributed by atoms with Crippen molar-refractivity contribution in [2.75, 3.05) is 19.5 Å². The zero-order valence-electron chi connectivity index (χ0n) is 18.0. The van der Waals surface area contributed by atoms with Crippen LogP contribution in [0.2, 0.25) is 0 Å². The number of aromatic nitrogens is 5. The number of hydrogen-bond acceptors (Lipinski definition) is 8. The number of anilines is 1. The molecule has 172 valence electrons. The Morgan fingerprint density at radius 3 is 2.59 bits per heavy atom. The first kappa shape index (κ1) is 21.4. The summed E-state index contributed by atoms with van der Waals surface area (Å²) in [6, 6.07) is 11.5. The average molecular weight is 478 g/mol. The highest BCUT2D eigenvalue weighted by molar-refractivity contribution is 7.90. The molecule has 5 rings (SSSR count). The molecule has 5 aromatic rings. The quantitative estimate of drug-likeness (QED) is 0.394. The lowest BCUT2D eigenvalue weighted by atomic mass is 10.2. The number of carbonyl (C=O) groups is 1. The van der Waals surface area contributed by atoms with E-state index in [0.717, 1.165) is 4.09 Å². The molecule has 1 aromatic carbocycles. The molecule has 4 heterocycles. The Kier molecular flexibility index (Phi) is 5.13. The van der Waals surface area contributed by atoms with Crippen LogP contribution in [-0.4, -0.2) is 52.1 Å². The van der Waals surface area contributed by atoms with Crippen molar-refractivity contribution in [3.63, 3.8) is 0 Å². The van der Waals surface area contributed by atoms with Gasteiger partial charge in [0.05, 0.1) is 44.7 Å². The molecule has 0 saturated carbocycles. The van der Waals surface area contributed by atoms with Crippen LogP contribution < -0.4 is 14.8 Å². The van der Waals surface area contributed by atoms with Crippen molar-refractivity contribution in [1.82, 2.24) is 23.6 Å². The van der Waals surface area contributed by atoms with Gasteiger partial charge in [0.25, 0.3) is 5.91 Å². The first-order valence-corrected chi connectivity index (χ1v) is 11.4. The lowest BCUT2D eigenvalue weighted by molar-refractivity contribution is 0.102. The Balaban J connectivity index is 1.54. The number of amides is 1. The molecule has 0 aliphatic heterocycles. The van der Waals surface area contributed by atoms with Crippen molar-refractivity contribution in [2.45, 2.75) is 5.03 Å². The number of methoxy groups -OCH3 is 2. The maximum absolute atomic E-state index is 13.5. The summed E-state index contributed by atoms with van der Waals surface area (Å²) < 4.78 is 39.6. The van der Waals surface area contributed by atoms with E-state index in [1.165, 1.54) is 49.5 Å². The van der Waals surface area contributed by atoms with Gasteiger partial charge in [-0.15, -0.1) is 0 Å². The summed E-state index contributed by atoms with van der Waals surface area (Å²) in [4.78, 5) is 21.1. The summed E-state index contributed by atoms with van der Waals surface area (Å²) in [6.45, 7) is 0. The van der Waals surface area contributed by atoms with Gasteiger partial charge in [0.15, 0.2) is 5.03 Å². The van der Waals surface area contributed by atoms with E-state index in [4.69, 9.17) is 9.47 Å². The highest BCUT2D eigenvalue weighted by Gasteiger charge is 2.25. The van der Waals surface area contributed by atoms with Gasteiger partial charge in [0.1, 0.15) is 28.2 Å². The molecule has 34 heavy (non-hydrogen) atoms. The first-order valence-electron chi connectivity index (χ1n) is 9.96. The highest BCUT2D eigenvalue weighted by atomic mass is 32.2. The van der Waals surface area contributed by atoms with Crippen molar-refractivity contribution >= 4 is 38.3 Å². The summed E-state index contributed by atoms with van der Waals surface area (Å²) in [5.74, 6) is 0.606. The van der Waals surface area contributed by atoms with Gasteiger partial charge < -0.3 is 14.8 Å². The lowest BCUT2D eigenvalue weighted by Crippen LogP contribution is -2.17. The van der Waals surface area contributed by atoms with Gasteiger partial charge in [-0.05, 0) is 36.4 Å². The lowest BCUT2D eigenvalue weighted by Gasteiger charge is -2.09. The molecule has 0 aliphatic rings. The van der Waals surface area contributed by atoms with Gasteiger partial charge in [-0.2, -0.15) is 17.6 Å². The smallest absolute Gasteiger partial charge is 0.301 e. The number of fused-ring (bicyclic) bond motifs is 2. The van der Waals surface area contributed by atoms with Crippen LogP contribution in [0.1, 0.15) is 10.4 Å². The van der Waals surface area contributed by atoms with Crippen molar-refractivity contribution in [3.8, 4) is 11.5 Å². The predicted octanol–water partition coefficient (Wildman–Crippen LogP) is 2.59. The van der Waals surface area contributed by atoms with Crippen molar-refractivity contribution in [1.29, 1.82) is 0 Å². The van der Waals surface area contributed by atoms with Crippen LogP contribution in [0.15, 0.2) is 72.3 Å². The monoisotopic (exact) mass is 478 g/mol. The third kappa shape index (κ3) is 3.59. The third-order valence-corrected chi connectivity index (χ3v) is 6.73. The van der Waals surface area contributed by atoms with E-state index in [0.29, 0.717) is 33.9 Å². The Hall–Kier alpha value is -4.45. The fraction of sp³-hybridized carbons (Fsp3) is 0.0909. The fourth-order valence-corrected chi connectivity index (χ4v) is 4.79. The zero-order chi connectivity index (χ0) is 23.9. The Bertz CT molecular complexity index is 1660. The molecule has 11 nitrogen and oxygen atoms in total. The van der Waals surface area contributed by atoms with Gasteiger partial charge in [-0.3, -0.25) is 14.2 Å². The fourth-order valence-electron chi connectivity index (χ4n) is 3.45. The van der Waals surface area contributed by atoms with Crippen molar-refractivity contribution in [3.05, 3.63) is 72.8 Å². The van der Waals surface area contributed by atoms with Crippen LogP contribution in [0.5, 0.6) is 11.5 Å².